The fraction of sp³-hybridized carbons (Fsp3) is 0.929. The van der Waals surface area contributed by atoms with Crippen LogP contribution >= 0.6 is 0 Å². The third-order valence-corrected chi connectivity index (χ3v) is 3.65. The second kappa shape index (κ2) is 16.2. The Labute approximate surface area is 158 Å². The zero-order chi connectivity index (χ0) is 16.0. The van der Waals surface area contributed by atoms with Gasteiger partial charge in [-0.2, -0.15) is 8.42 Å². The van der Waals surface area contributed by atoms with Crippen molar-refractivity contribution in [2.45, 2.75) is 78.1 Å². The molecule has 6 nitrogen and oxygen atoms in total. The molecule has 0 atom stereocenters. The second-order valence-electron chi connectivity index (χ2n) is 5.06. The Kier molecular flexibility index (Phi) is 18.1. The van der Waals surface area contributed by atoms with Gasteiger partial charge in [-0.15, -0.1) is 0 Å². The van der Waals surface area contributed by atoms with E-state index in [1.807, 2.05) is 0 Å². The van der Waals surface area contributed by atoms with Crippen LogP contribution in [-0.2, 0) is 28.6 Å². The molecule has 8 heteroatoms. The van der Waals surface area contributed by atoms with Crippen molar-refractivity contribution in [3.05, 3.63) is 0 Å². The third-order valence-electron chi connectivity index (χ3n) is 2.96. The van der Waals surface area contributed by atoms with Crippen molar-refractivity contribution in [2.24, 2.45) is 0 Å². The fourth-order valence-electron chi connectivity index (χ4n) is 1.86. The predicted molar refractivity (Wildman–Crippen MR) is 80.7 cm³/mol. The number of carbonyl (C=O) groups excluding carboxylic acids is 1. The summed E-state index contributed by atoms with van der Waals surface area (Å²) < 4.78 is 30.6. The van der Waals surface area contributed by atoms with Gasteiger partial charge in [-0.3, -0.25) is 4.89 Å². The summed E-state index contributed by atoms with van der Waals surface area (Å²) in [5, 5.41) is 0. The molecule has 0 bridgehead atoms. The van der Waals surface area contributed by atoms with Crippen LogP contribution < -0.4 is 29.6 Å². The average Bonchev–Trinajstić information content (AvgIpc) is 2.43. The van der Waals surface area contributed by atoms with Gasteiger partial charge in [-0.25, -0.2) is 8.98 Å². The van der Waals surface area contributed by atoms with Gasteiger partial charge in [0.05, 0.1) is 6.61 Å². The largest absolute Gasteiger partial charge is 1.00 e. The second-order valence-corrected chi connectivity index (χ2v) is 6.24. The Balaban J connectivity index is -0.00000200. The summed E-state index contributed by atoms with van der Waals surface area (Å²) in [7, 11) is -4.23. The van der Waals surface area contributed by atoms with Gasteiger partial charge in [0.25, 0.3) is 0 Å². The molecule has 0 aromatic carbocycles. The Morgan fingerprint density at radius 1 is 0.909 bits per heavy atom. The van der Waals surface area contributed by atoms with Crippen molar-refractivity contribution in [3.63, 3.8) is 0 Å². The van der Waals surface area contributed by atoms with Crippen LogP contribution in [0.25, 0.3) is 0 Å². The number of rotatable bonds is 14. The molecule has 0 aliphatic carbocycles. The van der Waals surface area contributed by atoms with Crippen molar-refractivity contribution >= 4 is 16.4 Å². The topological polar surface area (TPSA) is 78.9 Å². The molecule has 0 aromatic heterocycles. The molecule has 0 radical (unpaired) electrons. The first-order valence-corrected chi connectivity index (χ1v) is 9.07. The summed E-state index contributed by atoms with van der Waals surface area (Å²) in [6.45, 7) is 3.29. The first-order valence-electron chi connectivity index (χ1n) is 7.74. The molecule has 22 heavy (non-hydrogen) atoms. The van der Waals surface area contributed by atoms with Crippen LogP contribution in [-0.4, -0.2) is 21.0 Å². The normalized spacial score (nSPS) is 11.0. The van der Waals surface area contributed by atoms with E-state index >= 15 is 0 Å². The summed E-state index contributed by atoms with van der Waals surface area (Å²) in [6, 6.07) is 0. The minimum atomic E-state index is -4.23. The van der Waals surface area contributed by atoms with Gasteiger partial charge >= 0.3 is 45.9 Å². The van der Waals surface area contributed by atoms with E-state index < -0.39 is 16.4 Å². The SMILES string of the molecule is CCCCCCCCCCCCOS(=O)(=O)OOC(C)=O.[H-].[Na+]. The van der Waals surface area contributed by atoms with Gasteiger partial charge in [-0.1, -0.05) is 64.7 Å². The van der Waals surface area contributed by atoms with Crippen molar-refractivity contribution in [1.29, 1.82) is 0 Å². The van der Waals surface area contributed by atoms with Crippen molar-refractivity contribution in [2.75, 3.05) is 6.61 Å². The molecular weight excluding hydrogens is 319 g/mol. The molecule has 0 N–H and O–H groups in total. The van der Waals surface area contributed by atoms with E-state index in [9.17, 15) is 13.2 Å². The molecule has 128 valence electrons. The number of unbranched alkanes of at least 4 members (excludes halogenated alkanes) is 9. The molecule has 0 spiro atoms. The fourth-order valence-corrected chi connectivity index (χ4v) is 2.40. The summed E-state index contributed by atoms with van der Waals surface area (Å²) in [5.41, 5.74) is 0. The Bertz CT molecular complexity index is 364. The summed E-state index contributed by atoms with van der Waals surface area (Å²) >= 11 is 0. The summed E-state index contributed by atoms with van der Waals surface area (Å²) in [5.74, 6) is -0.846. The smallest absolute Gasteiger partial charge is 1.00 e. The zero-order valence-corrected chi connectivity index (χ0v) is 17.0. The van der Waals surface area contributed by atoms with E-state index in [1.165, 1.54) is 44.9 Å². The van der Waals surface area contributed by atoms with E-state index in [1.54, 1.807) is 0 Å². The number of hydrogen-bond acceptors (Lipinski definition) is 6. The van der Waals surface area contributed by atoms with Crippen LogP contribution in [0, 0.1) is 0 Å². The van der Waals surface area contributed by atoms with Crippen LogP contribution in [0.4, 0.5) is 0 Å². The molecule has 0 saturated carbocycles. The van der Waals surface area contributed by atoms with Crippen molar-refractivity contribution in [3.8, 4) is 0 Å². The van der Waals surface area contributed by atoms with E-state index in [0.29, 0.717) is 6.42 Å². The van der Waals surface area contributed by atoms with Gasteiger partial charge in [0.1, 0.15) is 0 Å². The molecule has 0 amide bonds. The van der Waals surface area contributed by atoms with Gasteiger partial charge in [0.15, 0.2) is 0 Å². The molecule has 0 rings (SSSR count). The van der Waals surface area contributed by atoms with Crippen LogP contribution in [0.15, 0.2) is 0 Å². The van der Waals surface area contributed by atoms with Gasteiger partial charge in [-0.05, 0) is 10.8 Å². The average molecular weight is 348 g/mol. The first kappa shape index (κ1) is 24.6. The first-order chi connectivity index (χ1) is 9.98. The molecule has 0 aliphatic heterocycles. The maximum absolute atomic E-state index is 11.1. The van der Waals surface area contributed by atoms with Gasteiger partial charge in [0, 0.05) is 6.92 Å². The monoisotopic (exact) mass is 348 g/mol. The summed E-state index contributed by atoms with van der Waals surface area (Å²) in [4.78, 5) is 14.3. The molecule has 0 unspecified atom stereocenters. The van der Waals surface area contributed by atoms with Crippen molar-refractivity contribution in [1.82, 2.24) is 0 Å². The summed E-state index contributed by atoms with van der Waals surface area (Å²) in [6.07, 6.45) is 11.5. The van der Waals surface area contributed by atoms with Crippen molar-refractivity contribution < 1.29 is 57.6 Å². The molecule has 0 saturated heterocycles. The van der Waals surface area contributed by atoms with E-state index in [0.717, 1.165) is 19.8 Å². The molecule has 0 heterocycles. The van der Waals surface area contributed by atoms with E-state index in [4.69, 9.17) is 0 Å². The molecule has 0 fully saturated rings. The predicted octanol–water partition coefficient (Wildman–Crippen LogP) is 0.780. The Morgan fingerprint density at radius 2 is 1.36 bits per heavy atom. The maximum Gasteiger partial charge on any atom is 1.00 e. The molecule has 0 aromatic rings. The van der Waals surface area contributed by atoms with Crippen LogP contribution in [0.2, 0.25) is 0 Å². The molecular formula is C14H29NaO6S. The van der Waals surface area contributed by atoms with E-state index in [-0.39, 0.29) is 37.6 Å². The minimum absolute atomic E-state index is 0. The van der Waals surface area contributed by atoms with Crippen LogP contribution in [0.3, 0.4) is 0 Å². The van der Waals surface area contributed by atoms with Gasteiger partial charge < -0.3 is 1.43 Å². The maximum atomic E-state index is 11.1. The zero-order valence-electron chi connectivity index (χ0n) is 15.1. The molecule has 0 aliphatic rings. The number of carbonyl (C=O) groups is 1. The van der Waals surface area contributed by atoms with Gasteiger partial charge in [0.2, 0.25) is 0 Å². The quantitative estimate of drug-likeness (QED) is 0.200. The standard InChI is InChI=1S/C14H28O6S.Na.H/c1-3-4-5-6-7-8-9-10-11-12-13-18-21(16,17)20-19-14(2)15;;/h3-13H2,1-2H3;;/q;+1;-1. The third kappa shape index (κ3) is 18.4. The van der Waals surface area contributed by atoms with Crippen LogP contribution in [0.5, 0.6) is 0 Å². The minimum Gasteiger partial charge on any atom is -1.00 e. The van der Waals surface area contributed by atoms with Crippen LogP contribution in [0.1, 0.15) is 79.5 Å². The Morgan fingerprint density at radius 3 is 1.82 bits per heavy atom. The number of hydrogen-bond donors (Lipinski definition) is 0. The van der Waals surface area contributed by atoms with E-state index in [2.05, 4.69) is 20.3 Å². The Hall–Kier alpha value is 0.340.